The molecular formula is C11H7ClF3N3S. The van der Waals surface area contributed by atoms with E-state index in [9.17, 15) is 13.2 Å². The number of hydrogen-bond acceptors (Lipinski definition) is 4. The fourth-order valence-corrected chi connectivity index (χ4v) is 2.34. The normalized spacial score (nSPS) is 11.6. The molecule has 0 amide bonds. The third kappa shape index (κ3) is 3.51. The zero-order valence-electron chi connectivity index (χ0n) is 9.28. The average molecular weight is 306 g/mol. The fourth-order valence-electron chi connectivity index (χ4n) is 1.29. The van der Waals surface area contributed by atoms with Crippen LogP contribution in [0, 0.1) is 0 Å². The number of alkyl halides is 3. The molecule has 0 unspecified atom stereocenters. The van der Waals surface area contributed by atoms with Crippen LogP contribution >= 0.6 is 23.4 Å². The predicted octanol–water partition coefficient (Wildman–Crippen LogP) is 3.88. The highest BCUT2D eigenvalue weighted by Gasteiger charge is 2.31. The highest BCUT2D eigenvalue weighted by atomic mass is 35.5. The Morgan fingerprint density at radius 3 is 2.63 bits per heavy atom. The van der Waals surface area contributed by atoms with Crippen molar-refractivity contribution in [3.05, 3.63) is 41.0 Å². The average Bonchev–Trinajstić information content (AvgIpc) is 2.30. The molecule has 2 aromatic heterocycles. The van der Waals surface area contributed by atoms with Gasteiger partial charge in [-0.3, -0.25) is 0 Å². The molecule has 19 heavy (non-hydrogen) atoms. The summed E-state index contributed by atoms with van der Waals surface area (Å²) < 4.78 is 37.9. The Morgan fingerprint density at radius 2 is 2.00 bits per heavy atom. The van der Waals surface area contributed by atoms with Crippen LogP contribution in [-0.2, 0) is 6.18 Å². The van der Waals surface area contributed by atoms with E-state index in [1.54, 1.807) is 12.1 Å². The van der Waals surface area contributed by atoms with Gasteiger partial charge in [0, 0.05) is 6.20 Å². The van der Waals surface area contributed by atoms with E-state index < -0.39 is 11.7 Å². The second-order valence-electron chi connectivity index (χ2n) is 3.51. The van der Waals surface area contributed by atoms with Crippen LogP contribution in [0.3, 0.4) is 0 Å². The highest BCUT2D eigenvalue weighted by Crippen LogP contribution is 2.35. The molecule has 0 radical (unpaired) electrons. The number of aromatic nitrogens is 2. The van der Waals surface area contributed by atoms with Gasteiger partial charge in [-0.05, 0) is 36.0 Å². The van der Waals surface area contributed by atoms with Crippen molar-refractivity contribution in [3.8, 4) is 0 Å². The van der Waals surface area contributed by atoms with Crippen molar-refractivity contribution in [2.45, 2.75) is 16.2 Å². The van der Waals surface area contributed by atoms with Gasteiger partial charge in [0.1, 0.15) is 15.9 Å². The Hall–Kier alpha value is -1.47. The molecule has 0 spiro atoms. The predicted molar refractivity (Wildman–Crippen MR) is 67.0 cm³/mol. The van der Waals surface area contributed by atoms with Crippen LogP contribution in [0.4, 0.5) is 19.0 Å². The van der Waals surface area contributed by atoms with Gasteiger partial charge in [0.15, 0.2) is 0 Å². The van der Waals surface area contributed by atoms with Crippen molar-refractivity contribution in [1.29, 1.82) is 0 Å². The van der Waals surface area contributed by atoms with E-state index in [-0.39, 0.29) is 10.8 Å². The molecule has 0 saturated heterocycles. The summed E-state index contributed by atoms with van der Waals surface area (Å²) in [5.41, 5.74) is 4.52. The van der Waals surface area contributed by atoms with Crippen molar-refractivity contribution < 1.29 is 13.2 Å². The van der Waals surface area contributed by atoms with E-state index in [2.05, 4.69) is 9.97 Å². The molecule has 2 N–H and O–H groups in total. The minimum atomic E-state index is -4.47. The summed E-state index contributed by atoms with van der Waals surface area (Å²) in [5.74, 6) is -0.204. The smallest absolute Gasteiger partial charge is 0.384 e. The molecular weight excluding hydrogens is 299 g/mol. The number of nitrogens with zero attached hydrogens (tertiary/aromatic N) is 2. The first-order valence-corrected chi connectivity index (χ1v) is 6.19. The summed E-state index contributed by atoms with van der Waals surface area (Å²) >= 11 is 6.80. The van der Waals surface area contributed by atoms with E-state index in [1.807, 2.05) is 0 Å². The summed E-state index contributed by atoms with van der Waals surface area (Å²) in [4.78, 5) is 7.79. The monoisotopic (exact) mass is 305 g/mol. The number of nitrogen functional groups attached to an aromatic ring is 1. The van der Waals surface area contributed by atoms with E-state index >= 15 is 0 Å². The zero-order valence-corrected chi connectivity index (χ0v) is 10.9. The maximum Gasteiger partial charge on any atom is 0.416 e. The number of rotatable bonds is 2. The lowest BCUT2D eigenvalue weighted by atomic mass is 10.2. The number of hydrogen-bond donors (Lipinski definition) is 1. The largest absolute Gasteiger partial charge is 0.416 e. The van der Waals surface area contributed by atoms with Crippen LogP contribution in [0.1, 0.15) is 5.56 Å². The molecule has 0 fully saturated rings. The summed E-state index contributed by atoms with van der Waals surface area (Å²) in [6.07, 6.45) is -2.98. The van der Waals surface area contributed by atoms with Gasteiger partial charge in [-0.1, -0.05) is 11.6 Å². The summed E-state index contributed by atoms with van der Waals surface area (Å²) in [5, 5.41) is 0.800. The fraction of sp³-hybridized carbons (Fsp3) is 0.0909. The molecule has 0 aliphatic carbocycles. The number of anilines is 1. The first kappa shape index (κ1) is 14.0. The molecule has 2 heterocycles. The van der Waals surface area contributed by atoms with Crippen molar-refractivity contribution in [2.24, 2.45) is 0 Å². The minimum absolute atomic E-state index is 0.0907. The van der Waals surface area contributed by atoms with Crippen LogP contribution in [0.15, 0.2) is 40.5 Å². The van der Waals surface area contributed by atoms with Gasteiger partial charge in [0.25, 0.3) is 0 Å². The lowest BCUT2D eigenvalue weighted by Crippen LogP contribution is -2.07. The van der Waals surface area contributed by atoms with E-state index in [4.69, 9.17) is 17.3 Å². The molecule has 2 rings (SSSR count). The Labute approximate surface area is 116 Å². The molecule has 0 aliphatic rings. The van der Waals surface area contributed by atoms with Crippen molar-refractivity contribution >= 4 is 29.2 Å². The minimum Gasteiger partial charge on any atom is -0.384 e. The summed E-state index contributed by atoms with van der Waals surface area (Å²) in [6, 6.07) is 4.91. The van der Waals surface area contributed by atoms with Gasteiger partial charge in [0.05, 0.1) is 10.6 Å². The SMILES string of the molecule is Nc1cc(C(F)(F)F)cc(Sc2ncccc2Cl)n1. The van der Waals surface area contributed by atoms with E-state index in [1.165, 1.54) is 6.20 Å². The van der Waals surface area contributed by atoms with Crippen LogP contribution in [0.5, 0.6) is 0 Å². The van der Waals surface area contributed by atoms with Gasteiger partial charge >= 0.3 is 6.18 Å². The molecule has 100 valence electrons. The summed E-state index contributed by atoms with van der Waals surface area (Å²) in [7, 11) is 0. The number of halogens is 4. The van der Waals surface area contributed by atoms with Gasteiger partial charge in [-0.15, -0.1) is 0 Å². The molecule has 2 aromatic rings. The third-order valence-electron chi connectivity index (χ3n) is 2.07. The van der Waals surface area contributed by atoms with Crippen molar-refractivity contribution in [3.63, 3.8) is 0 Å². The van der Waals surface area contributed by atoms with Crippen LogP contribution in [0.2, 0.25) is 5.02 Å². The first-order valence-electron chi connectivity index (χ1n) is 4.99. The quantitative estimate of drug-likeness (QED) is 0.914. The second kappa shape index (κ2) is 5.26. The highest BCUT2D eigenvalue weighted by molar-refractivity contribution is 7.99. The zero-order chi connectivity index (χ0) is 14.0. The Kier molecular flexibility index (Phi) is 3.86. The topological polar surface area (TPSA) is 51.8 Å². The Balaban J connectivity index is 2.36. The molecule has 0 bridgehead atoms. The molecule has 8 heteroatoms. The van der Waals surface area contributed by atoms with Crippen molar-refractivity contribution in [1.82, 2.24) is 9.97 Å². The van der Waals surface area contributed by atoms with Crippen LogP contribution in [-0.4, -0.2) is 9.97 Å². The lowest BCUT2D eigenvalue weighted by molar-refractivity contribution is -0.137. The van der Waals surface area contributed by atoms with E-state index in [0.717, 1.165) is 23.9 Å². The number of nitrogens with two attached hydrogens (primary N) is 1. The van der Waals surface area contributed by atoms with Crippen molar-refractivity contribution in [2.75, 3.05) is 5.73 Å². The van der Waals surface area contributed by atoms with Gasteiger partial charge < -0.3 is 5.73 Å². The maximum absolute atomic E-state index is 12.6. The van der Waals surface area contributed by atoms with Gasteiger partial charge in [0.2, 0.25) is 0 Å². The molecule has 3 nitrogen and oxygen atoms in total. The Bertz CT molecular complexity index is 604. The van der Waals surface area contributed by atoms with Gasteiger partial charge in [-0.25, -0.2) is 9.97 Å². The van der Waals surface area contributed by atoms with Crippen LogP contribution in [0.25, 0.3) is 0 Å². The molecule has 0 aliphatic heterocycles. The molecule has 0 aromatic carbocycles. The molecule has 0 saturated carbocycles. The number of pyridine rings is 2. The maximum atomic E-state index is 12.6. The Morgan fingerprint density at radius 1 is 1.26 bits per heavy atom. The summed E-state index contributed by atoms with van der Waals surface area (Å²) in [6.45, 7) is 0. The van der Waals surface area contributed by atoms with E-state index in [0.29, 0.717) is 10.0 Å². The third-order valence-corrected chi connectivity index (χ3v) is 3.43. The van der Waals surface area contributed by atoms with Crippen LogP contribution < -0.4 is 5.73 Å². The molecule has 0 atom stereocenters. The first-order chi connectivity index (χ1) is 8.86. The second-order valence-corrected chi connectivity index (χ2v) is 4.93. The van der Waals surface area contributed by atoms with Gasteiger partial charge in [-0.2, -0.15) is 13.2 Å². The lowest BCUT2D eigenvalue weighted by Gasteiger charge is -2.09. The standard InChI is InChI=1S/C11H7ClF3N3S/c12-7-2-1-3-17-10(7)19-9-5-6(11(13,14)15)4-8(16)18-9/h1-5H,(H2,16,18).